The molecule has 10 heteroatoms. The summed E-state index contributed by atoms with van der Waals surface area (Å²) in [6, 6.07) is 7.29. The number of β-amino-alcohol motifs (C(OH)–C–C–N with tert-alkyl or cyclic N) is 1. The van der Waals surface area contributed by atoms with Crippen LogP contribution >= 0.6 is 0 Å². The molecule has 1 atom stereocenters. The molecule has 208 valence electrons. The first-order valence-corrected chi connectivity index (χ1v) is 13.8. The number of likely N-dealkylation sites (tertiary alicyclic amines) is 1. The fourth-order valence-corrected chi connectivity index (χ4v) is 6.39. The quantitative estimate of drug-likeness (QED) is 0.388. The summed E-state index contributed by atoms with van der Waals surface area (Å²) in [6.45, 7) is 7.03. The van der Waals surface area contributed by atoms with E-state index in [9.17, 15) is 14.7 Å². The highest BCUT2D eigenvalue weighted by molar-refractivity contribution is 6.07. The van der Waals surface area contributed by atoms with E-state index < -0.39 is 5.60 Å². The summed E-state index contributed by atoms with van der Waals surface area (Å²) in [7, 11) is 0. The van der Waals surface area contributed by atoms with Crippen molar-refractivity contribution in [2.45, 2.75) is 63.7 Å². The summed E-state index contributed by atoms with van der Waals surface area (Å²) >= 11 is 0. The Morgan fingerprint density at radius 2 is 2.00 bits per heavy atom. The fraction of sp³-hybridized carbons (Fsp3) is 0.433. The van der Waals surface area contributed by atoms with Crippen LogP contribution in [0.25, 0.3) is 16.5 Å². The van der Waals surface area contributed by atoms with Crippen molar-refractivity contribution in [1.29, 1.82) is 0 Å². The molecule has 2 N–H and O–H groups in total. The molecule has 40 heavy (non-hydrogen) atoms. The second kappa shape index (κ2) is 8.81. The lowest BCUT2D eigenvalue weighted by molar-refractivity contribution is -0.200. The zero-order valence-corrected chi connectivity index (χ0v) is 22.8. The minimum atomic E-state index is -0.871. The average molecular weight is 545 g/mol. The van der Waals surface area contributed by atoms with Gasteiger partial charge in [-0.25, -0.2) is 4.52 Å². The average Bonchev–Trinajstić information content (AvgIpc) is 3.51. The monoisotopic (exact) mass is 544 g/mol. The SMILES string of the molecule is Cc1oc2cc(Oc3ccnn4cc(C(=O)N5CCC(C)(O)C5)c(C)c34)ccc2c1C(=O)NC1CC2(CCO2)C1. The van der Waals surface area contributed by atoms with Crippen LogP contribution in [0, 0.1) is 13.8 Å². The van der Waals surface area contributed by atoms with Gasteiger partial charge in [-0.05, 0) is 64.2 Å². The van der Waals surface area contributed by atoms with Crippen LogP contribution in [-0.2, 0) is 4.74 Å². The van der Waals surface area contributed by atoms with E-state index in [2.05, 4.69) is 10.4 Å². The Balaban J connectivity index is 1.13. The number of amides is 2. The predicted molar refractivity (Wildman–Crippen MR) is 146 cm³/mol. The van der Waals surface area contributed by atoms with Gasteiger partial charge in [0.25, 0.3) is 11.8 Å². The number of furan rings is 1. The maximum absolute atomic E-state index is 13.3. The summed E-state index contributed by atoms with van der Waals surface area (Å²) in [4.78, 5) is 28.0. The molecule has 3 fully saturated rings. The van der Waals surface area contributed by atoms with Crippen LogP contribution in [0.15, 0.2) is 41.1 Å². The van der Waals surface area contributed by atoms with E-state index in [1.165, 1.54) is 0 Å². The number of nitrogens with zero attached hydrogens (tertiary/aromatic N) is 3. The van der Waals surface area contributed by atoms with E-state index in [4.69, 9.17) is 13.9 Å². The van der Waals surface area contributed by atoms with Crippen molar-refractivity contribution in [3.05, 3.63) is 59.1 Å². The lowest BCUT2D eigenvalue weighted by Gasteiger charge is -2.53. The van der Waals surface area contributed by atoms with Gasteiger partial charge in [-0.2, -0.15) is 5.10 Å². The van der Waals surface area contributed by atoms with Crippen LogP contribution in [0.1, 0.15) is 64.6 Å². The van der Waals surface area contributed by atoms with E-state index >= 15 is 0 Å². The van der Waals surface area contributed by atoms with Crippen molar-refractivity contribution in [2.75, 3.05) is 19.7 Å². The summed E-state index contributed by atoms with van der Waals surface area (Å²) in [5.41, 5.74) is 2.17. The molecule has 2 amide bonds. The molecule has 1 saturated carbocycles. The largest absolute Gasteiger partial charge is 0.460 e. The van der Waals surface area contributed by atoms with Crippen LogP contribution in [0.4, 0.5) is 0 Å². The number of hydrogen-bond donors (Lipinski definition) is 2. The van der Waals surface area contributed by atoms with Crippen molar-refractivity contribution in [1.82, 2.24) is 19.8 Å². The van der Waals surface area contributed by atoms with Gasteiger partial charge in [0.2, 0.25) is 0 Å². The molecular formula is C30H32N4O6. The third kappa shape index (κ3) is 4.05. The van der Waals surface area contributed by atoms with Crippen molar-refractivity contribution < 1.29 is 28.6 Å². The molecule has 1 spiro atoms. The molecule has 2 saturated heterocycles. The zero-order chi connectivity index (χ0) is 27.8. The minimum Gasteiger partial charge on any atom is -0.460 e. The highest BCUT2D eigenvalue weighted by Gasteiger charge is 2.50. The van der Waals surface area contributed by atoms with Gasteiger partial charge in [0.05, 0.1) is 35.1 Å². The third-order valence-corrected chi connectivity index (χ3v) is 8.69. The van der Waals surface area contributed by atoms with E-state index in [0.29, 0.717) is 59.0 Å². The Hall–Kier alpha value is -3.89. The number of nitrogens with one attached hydrogen (secondary N) is 1. The first-order chi connectivity index (χ1) is 19.1. The van der Waals surface area contributed by atoms with Crippen LogP contribution < -0.4 is 10.1 Å². The number of carbonyl (C=O) groups is 2. The van der Waals surface area contributed by atoms with Gasteiger partial charge < -0.3 is 29.2 Å². The van der Waals surface area contributed by atoms with Gasteiger partial charge >= 0.3 is 0 Å². The van der Waals surface area contributed by atoms with Crippen molar-refractivity contribution in [3.63, 3.8) is 0 Å². The van der Waals surface area contributed by atoms with Crippen LogP contribution in [0.5, 0.6) is 11.5 Å². The van der Waals surface area contributed by atoms with E-state index in [1.54, 1.807) is 47.8 Å². The predicted octanol–water partition coefficient (Wildman–Crippen LogP) is 4.14. The molecule has 1 unspecified atom stereocenters. The first-order valence-electron chi connectivity index (χ1n) is 13.8. The highest BCUT2D eigenvalue weighted by atomic mass is 16.5. The fourth-order valence-electron chi connectivity index (χ4n) is 6.39. The van der Waals surface area contributed by atoms with Crippen molar-refractivity contribution in [2.24, 2.45) is 0 Å². The highest BCUT2D eigenvalue weighted by Crippen LogP contribution is 2.45. The smallest absolute Gasteiger partial charge is 0.255 e. The molecule has 0 bridgehead atoms. The summed E-state index contributed by atoms with van der Waals surface area (Å²) in [5.74, 6) is 1.35. The van der Waals surface area contributed by atoms with Gasteiger partial charge in [0.1, 0.15) is 22.6 Å². The second-order valence-corrected chi connectivity index (χ2v) is 11.8. The molecule has 3 aromatic heterocycles. The molecule has 0 radical (unpaired) electrons. The Labute approximate surface area is 230 Å². The van der Waals surface area contributed by atoms with E-state index in [0.717, 1.165) is 36.8 Å². The molecule has 1 aromatic carbocycles. The molecule has 2 aliphatic heterocycles. The lowest BCUT2D eigenvalue weighted by Crippen LogP contribution is -2.61. The zero-order valence-electron chi connectivity index (χ0n) is 22.8. The number of rotatable bonds is 5. The summed E-state index contributed by atoms with van der Waals surface area (Å²) in [5, 5.41) is 18.6. The molecule has 3 aliphatic rings. The second-order valence-electron chi connectivity index (χ2n) is 11.8. The van der Waals surface area contributed by atoms with E-state index in [-0.39, 0.29) is 23.5 Å². The number of aryl methyl sites for hydroxylation is 2. The Kier molecular flexibility index (Phi) is 5.53. The Bertz CT molecular complexity index is 1670. The van der Waals surface area contributed by atoms with Gasteiger partial charge in [-0.3, -0.25) is 9.59 Å². The number of hydrogen-bond acceptors (Lipinski definition) is 7. The molecular weight excluding hydrogens is 512 g/mol. The maximum Gasteiger partial charge on any atom is 0.255 e. The number of ether oxygens (including phenoxy) is 2. The number of aromatic nitrogens is 2. The van der Waals surface area contributed by atoms with Gasteiger partial charge in [-0.1, -0.05) is 0 Å². The Morgan fingerprint density at radius 3 is 2.70 bits per heavy atom. The standard InChI is InChI=1S/C30H32N4O6/c1-17-22(28(36)33-10-7-29(3,37)16-33)15-34-26(17)23(6-9-31-34)40-20-4-5-21-24(12-20)39-18(2)25(21)27(35)32-19-13-30(14-19)8-11-38-30/h4-6,9,12,15,19,37H,7-8,10-11,13-14,16H2,1-3H3,(H,32,35). The van der Waals surface area contributed by atoms with Crippen LogP contribution in [0.3, 0.4) is 0 Å². The van der Waals surface area contributed by atoms with E-state index in [1.807, 2.05) is 19.1 Å². The normalized spacial score (nSPS) is 25.8. The van der Waals surface area contributed by atoms with Crippen LogP contribution in [-0.4, -0.2) is 68.4 Å². The lowest BCUT2D eigenvalue weighted by atomic mass is 9.71. The van der Waals surface area contributed by atoms with Crippen LogP contribution in [0.2, 0.25) is 0 Å². The molecule has 10 nitrogen and oxygen atoms in total. The number of fused-ring (bicyclic) bond motifs is 2. The number of carbonyl (C=O) groups excluding carboxylic acids is 2. The van der Waals surface area contributed by atoms with Gasteiger partial charge in [0.15, 0.2) is 5.75 Å². The van der Waals surface area contributed by atoms with Gasteiger partial charge in [0, 0.05) is 42.8 Å². The Morgan fingerprint density at radius 1 is 1.20 bits per heavy atom. The molecule has 5 heterocycles. The minimum absolute atomic E-state index is 0.00249. The van der Waals surface area contributed by atoms with Crippen molar-refractivity contribution >= 4 is 28.3 Å². The first kappa shape index (κ1) is 25.1. The topological polar surface area (TPSA) is 119 Å². The maximum atomic E-state index is 13.3. The summed E-state index contributed by atoms with van der Waals surface area (Å²) in [6.07, 6.45) is 6.66. The third-order valence-electron chi connectivity index (χ3n) is 8.69. The molecule has 1 aliphatic carbocycles. The van der Waals surface area contributed by atoms with Gasteiger partial charge in [-0.15, -0.1) is 0 Å². The summed E-state index contributed by atoms with van der Waals surface area (Å²) < 4.78 is 19.6. The number of aliphatic hydroxyl groups is 1. The molecule has 4 aromatic rings. The molecule has 7 rings (SSSR count). The number of benzene rings is 1. The van der Waals surface area contributed by atoms with Crippen molar-refractivity contribution in [3.8, 4) is 11.5 Å².